The van der Waals surface area contributed by atoms with Gasteiger partial charge in [0, 0.05) is 25.4 Å². The lowest BCUT2D eigenvalue weighted by atomic mass is 9.38. The molecule has 2 heterocycles. The predicted octanol–water partition coefficient (Wildman–Crippen LogP) is 3.79. The Hall–Kier alpha value is -1.49. The second kappa shape index (κ2) is 16.8. The van der Waals surface area contributed by atoms with Gasteiger partial charge >= 0.3 is 5.97 Å². The summed E-state index contributed by atoms with van der Waals surface area (Å²) in [7, 11) is 1.78. The Kier molecular flexibility index (Phi) is 13.2. The smallest absolute Gasteiger partial charge is 0.302 e. The average Bonchev–Trinajstić information content (AvgIpc) is 3.37. The average molecular weight is 809 g/mol. The van der Waals surface area contributed by atoms with Crippen molar-refractivity contribution in [3.05, 3.63) is 23.3 Å². The van der Waals surface area contributed by atoms with Crippen molar-refractivity contribution in [2.75, 3.05) is 20.3 Å². The van der Waals surface area contributed by atoms with Crippen LogP contribution in [0.5, 0.6) is 0 Å². The summed E-state index contributed by atoms with van der Waals surface area (Å²) in [5.41, 5.74) is 1.41. The zero-order valence-corrected chi connectivity index (χ0v) is 35.8. The number of allylic oxidation sites excluding steroid dienone is 2. The predicted molar refractivity (Wildman–Crippen MR) is 209 cm³/mol. The molecule has 3 saturated carbocycles. The van der Waals surface area contributed by atoms with Crippen molar-refractivity contribution in [1.29, 1.82) is 0 Å². The molecular formula is C44H72O13. The first-order valence-electron chi connectivity index (χ1n) is 21.3. The van der Waals surface area contributed by atoms with Gasteiger partial charge in [-0.15, -0.1) is 0 Å². The summed E-state index contributed by atoms with van der Waals surface area (Å²) in [5.74, 6) is 0.0682. The molecule has 4 aliphatic carbocycles. The van der Waals surface area contributed by atoms with Gasteiger partial charge in [0.25, 0.3) is 0 Å². The summed E-state index contributed by atoms with van der Waals surface area (Å²) in [6.45, 7) is 19.0. The van der Waals surface area contributed by atoms with Crippen LogP contribution >= 0.6 is 0 Å². The number of hydrogen-bond donors (Lipinski definition) is 6. The van der Waals surface area contributed by atoms with Crippen molar-refractivity contribution in [3.63, 3.8) is 0 Å². The van der Waals surface area contributed by atoms with E-state index in [-0.39, 0.29) is 71.4 Å². The van der Waals surface area contributed by atoms with E-state index in [0.29, 0.717) is 6.42 Å². The first kappa shape index (κ1) is 45.0. The quantitative estimate of drug-likeness (QED) is 0.131. The number of carbonyl (C=O) groups excluding carboxylic acids is 1. The Morgan fingerprint density at radius 2 is 1.58 bits per heavy atom. The monoisotopic (exact) mass is 808 g/mol. The van der Waals surface area contributed by atoms with Gasteiger partial charge in [-0.05, 0) is 92.8 Å². The van der Waals surface area contributed by atoms with Gasteiger partial charge in [-0.2, -0.15) is 0 Å². The lowest BCUT2D eigenvalue weighted by molar-refractivity contribution is -0.316. The Labute approximate surface area is 339 Å². The molecule has 57 heavy (non-hydrogen) atoms. The van der Waals surface area contributed by atoms with Crippen LogP contribution in [0.2, 0.25) is 0 Å². The van der Waals surface area contributed by atoms with Crippen molar-refractivity contribution in [1.82, 2.24) is 0 Å². The van der Waals surface area contributed by atoms with Crippen LogP contribution in [0.15, 0.2) is 23.3 Å². The highest BCUT2D eigenvalue weighted by Gasteiger charge is 2.72. The third kappa shape index (κ3) is 7.83. The van der Waals surface area contributed by atoms with E-state index in [4.69, 9.17) is 28.4 Å². The van der Waals surface area contributed by atoms with Crippen molar-refractivity contribution >= 4 is 5.97 Å². The van der Waals surface area contributed by atoms with Crippen LogP contribution in [0.3, 0.4) is 0 Å². The molecule has 5 fully saturated rings. The number of hydrogen-bond acceptors (Lipinski definition) is 13. The number of aliphatic hydroxyl groups is 6. The standard InChI is InChI=1S/C44H72O13/c1-22(2)12-11-13-23(3)32-29(55-40-37(51)35(49)34(48)30(56-40)21-53-24(4)45)19-44(9)38-28(52-10)18-26-25(42(38,7)16-17-43(32,44)8)14-15-31(41(26,5)6)57-39-36(50)33(47)27(46)20-54-39/h12,18,23,25,27-40,46-51H,11,13-17,19-21H2,1-10H3/t23-,25-,27-,28-,29-,30-,31-,32+,33+,34+,35+,36+,37+,38+,39+,40-,42-,43+,44+/m0/s1. The minimum absolute atomic E-state index is 0.0589. The zero-order chi connectivity index (χ0) is 42.0. The fourth-order valence-electron chi connectivity index (χ4n) is 12.8. The molecule has 326 valence electrons. The molecule has 6 N–H and O–H groups in total. The summed E-state index contributed by atoms with van der Waals surface area (Å²) in [6, 6.07) is 0. The van der Waals surface area contributed by atoms with Gasteiger partial charge in [0.1, 0.15) is 49.3 Å². The van der Waals surface area contributed by atoms with Gasteiger partial charge < -0.3 is 59.1 Å². The van der Waals surface area contributed by atoms with Crippen LogP contribution in [-0.2, 0) is 33.2 Å². The molecule has 0 amide bonds. The highest BCUT2D eigenvalue weighted by atomic mass is 16.7. The molecule has 13 heteroatoms. The number of methoxy groups -OCH3 is 1. The van der Waals surface area contributed by atoms with Crippen molar-refractivity contribution in [2.24, 2.45) is 45.3 Å². The molecule has 0 bridgehead atoms. The van der Waals surface area contributed by atoms with Crippen molar-refractivity contribution < 1.29 is 63.9 Å². The first-order chi connectivity index (χ1) is 26.6. The topological polar surface area (TPSA) is 194 Å². The van der Waals surface area contributed by atoms with E-state index in [1.807, 2.05) is 0 Å². The molecule has 6 rings (SSSR count). The van der Waals surface area contributed by atoms with Crippen LogP contribution in [0.1, 0.15) is 107 Å². The Morgan fingerprint density at radius 1 is 0.895 bits per heavy atom. The number of carbonyl (C=O) groups is 1. The van der Waals surface area contributed by atoms with E-state index in [0.717, 1.165) is 38.5 Å². The highest BCUT2D eigenvalue weighted by Crippen LogP contribution is 2.75. The minimum Gasteiger partial charge on any atom is -0.463 e. The molecule has 0 aromatic rings. The summed E-state index contributed by atoms with van der Waals surface area (Å²) < 4.78 is 36.9. The van der Waals surface area contributed by atoms with Gasteiger partial charge in [0.15, 0.2) is 12.6 Å². The second-order valence-corrected chi connectivity index (χ2v) is 19.9. The van der Waals surface area contributed by atoms with Gasteiger partial charge in [-0.1, -0.05) is 64.8 Å². The zero-order valence-electron chi connectivity index (χ0n) is 35.8. The summed E-state index contributed by atoms with van der Waals surface area (Å²) in [6.07, 6.45) is -2.07. The lowest BCUT2D eigenvalue weighted by Gasteiger charge is -2.67. The van der Waals surface area contributed by atoms with Gasteiger partial charge in [-0.3, -0.25) is 4.79 Å². The van der Waals surface area contributed by atoms with E-state index in [2.05, 4.69) is 67.5 Å². The number of ether oxygens (including phenoxy) is 6. The first-order valence-corrected chi connectivity index (χ1v) is 21.3. The molecule has 0 spiro atoms. The molecule has 2 aliphatic heterocycles. The molecule has 2 saturated heterocycles. The summed E-state index contributed by atoms with van der Waals surface area (Å²) >= 11 is 0. The van der Waals surface area contributed by atoms with Gasteiger partial charge in [0.05, 0.1) is 24.9 Å². The number of fused-ring (bicyclic) bond motifs is 5. The van der Waals surface area contributed by atoms with Crippen molar-refractivity contribution in [3.8, 4) is 0 Å². The Bertz CT molecular complexity index is 1500. The molecule has 6 aliphatic rings. The molecule has 0 aromatic heterocycles. The maximum atomic E-state index is 11.6. The molecule has 19 atom stereocenters. The largest absolute Gasteiger partial charge is 0.463 e. The fourth-order valence-corrected chi connectivity index (χ4v) is 12.8. The summed E-state index contributed by atoms with van der Waals surface area (Å²) in [4.78, 5) is 11.6. The molecular weight excluding hydrogens is 736 g/mol. The third-order valence-corrected chi connectivity index (χ3v) is 16.0. The highest BCUT2D eigenvalue weighted by molar-refractivity contribution is 5.65. The molecule has 0 unspecified atom stereocenters. The minimum atomic E-state index is -1.55. The number of aliphatic hydroxyl groups excluding tert-OH is 6. The normalized spacial score (nSPS) is 48.5. The molecule has 13 nitrogen and oxygen atoms in total. The Balaban J connectivity index is 1.34. The number of esters is 1. The van der Waals surface area contributed by atoms with Crippen LogP contribution in [0.25, 0.3) is 0 Å². The van der Waals surface area contributed by atoms with E-state index >= 15 is 0 Å². The van der Waals surface area contributed by atoms with Crippen LogP contribution in [-0.4, -0.2) is 131 Å². The van der Waals surface area contributed by atoms with E-state index in [9.17, 15) is 35.4 Å². The van der Waals surface area contributed by atoms with E-state index in [1.165, 1.54) is 18.1 Å². The van der Waals surface area contributed by atoms with Crippen molar-refractivity contribution in [2.45, 2.75) is 181 Å². The second-order valence-electron chi connectivity index (χ2n) is 19.9. The third-order valence-electron chi connectivity index (χ3n) is 16.0. The SMILES string of the molecule is CO[C@H]1C=C2[C@H](CC[C@H](O[C@H]3OC[C@H](O)[C@@H](O)[C@H]3O)C2(C)C)[C@]2(C)CC[C@]3(C)[C@H]([C@@H](C)CCC=C(C)C)[C@@H](O[C@H]4O[C@@H](COC(C)=O)[C@@H](O)[C@@H](O)[C@H]4O)C[C@]3(C)[C@H]12. The van der Waals surface area contributed by atoms with Gasteiger partial charge in [-0.25, -0.2) is 0 Å². The maximum absolute atomic E-state index is 11.6. The number of rotatable bonds is 11. The maximum Gasteiger partial charge on any atom is 0.302 e. The van der Waals surface area contributed by atoms with E-state index < -0.39 is 66.7 Å². The van der Waals surface area contributed by atoms with E-state index in [1.54, 1.807) is 7.11 Å². The van der Waals surface area contributed by atoms with Crippen LogP contribution < -0.4 is 0 Å². The lowest BCUT2D eigenvalue weighted by Crippen LogP contribution is -2.63. The van der Waals surface area contributed by atoms with Gasteiger partial charge in [0.2, 0.25) is 0 Å². The molecule has 0 aromatic carbocycles. The van der Waals surface area contributed by atoms with Crippen LogP contribution in [0.4, 0.5) is 0 Å². The van der Waals surface area contributed by atoms with Crippen LogP contribution in [0, 0.1) is 45.3 Å². The Morgan fingerprint density at radius 3 is 2.23 bits per heavy atom. The summed E-state index contributed by atoms with van der Waals surface area (Å²) in [5, 5.41) is 64.1. The molecule has 0 radical (unpaired) electrons. The fraction of sp³-hybridized carbons (Fsp3) is 0.886.